The zero-order valence-electron chi connectivity index (χ0n) is 70.1. The second-order valence-corrected chi connectivity index (χ2v) is 22.0. The lowest BCUT2D eigenvalue weighted by atomic mass is 10.00. The Morgan fingerprint density at radius 2 is 0.462 bits per heavy atom. The van der Waals surface area contributed by atoms with Crippen LogP contribution < -0.4 is 14.7 Å². The van der Waals surface area contributed by atoms with Gasteiger partial charge in [0, 0.05) is 83.7 Å². The number of anilines is 3. The van der Waals surface area contributed by atoms with E-state index in [0.717, 1.165) is 65.1 Å². The summed E-state index contributed by atoms with van der Waals surface area (Å²) in [4.78, 5) is 7.34. The Bertz CT molecular complexity index is 4070. The third-order valence-electron chi connectivity index (χ3n) is 17.4. The molecular weight excluding hydrogens is 1260 g/mol. The standard InChI is InChI=1S/C27H26N2.2C16H21N.C13H10.C10H8.9C2H6/c1-3-28(4-2)25-18-17-20-11-5-6-12-21(20)24(25)19-29-26-15-9-7-13-22(26)23-14-8-10-16-27(23)29;2*1-4-14-15-10-8-7-9-13(15)11-12-16(14)17(5-2)6-3;1-3-7-12-10(5-1)9-11-6-2-4-8-13(11)12;1-2-6-10-8-4-3-7-9(10)5-1;9*1-2/h5-18H,3-4,19H2,1-2H3;2*7-12H,4-6H2,1-3H3;1-8H,9H2;1-8H;9*1-2H3. The maximum absolute atomic E-state index is 2.49. The van der Waals surface area contributed by atoms with E-state index in [2.05, 4.69) is 329 Å². The number of hydrogen-bond donors (Lipinski definition) is 0. The number of fused-ring (bicyclic) bond motifs is 10. The first-order valence-electron chi connectivity index (χ1n) is 40.7. The second-order valence-electron chi connectivity index (χ2n) is 22.0. The lowest BCUT2D eigenvalue weighted by Gasteiger charge is -2.26. The van der Waals surface area contributed by atoms with Crippen molar-refractivity contribution >= 4 is 82.0 Å². The van der Waals surface area contributed by atoms with Gasteiger partial charge < -0.3 is 19.3 Å². The summed E-state index contributed by atoms with van der Waals surface area (Å²) in [6, 6.07) is 91.3. The molecule has 0 fully saturated rings. The summed E-state index contributed by atoms with van der Waals surface area (Å²) >= 11 is 0. The van der Waals surface area contributed by atoms with Crippen molar-refractivity contribution in [3.8, 4) is 11.1 Å². The number of hydrogen-bond acceptors (Lipinski definition) is 3. The summed E-state index contributed by atoms with van der Waals surface area (Å²) in [5.74, 6) is 0. The molecule has 13 aromatic rings. The highest BCUT2D eigenvalue weighted by molar-refractivity contribution is 6.08. The summed E-state index contributed by atoms with van der Waals surface area (Å²) in [5.41, 5.74) is 16.8. The van der Waals surface area contributed by atoms with E-state index in [-0.39, 0.29) is 0 Å². The Hall–Kier alpha value is -9.12. The molecule has 4 nitrogen and oxygen atoms in total. The van der Waals surface area contributed by atoms with Crippen LogP contribution in [0, 0.1) is 0 Å². The van der Waals surface area contributed by atoms with Crippen LogP contribution in [0.25, 0.3) is 76.0 Å². The van der Waals surface area contributed by atoms with E-state index in [1.165, 1.54) is 121 Å². The summed E-state index contributed by atoms with van der Waals surface area (Å²) in [6.07, 6.45) is 3.28. The molecule has 12 aromatic carbocycles. The minimum atomic E-state index is 0.862. The van der Waals surface area contributed by atoms with E-state index < -0.39 is 0 Å². The predicted molar refractivity (Wildman–Crippen MR) is 481 cm³/mol. The maximum atomic E-state index is 2.49. The first-order chi connectivity index (χ1) is 51.4. The highest BCUT2D eigenvalue weighted by atomic mass is 15.1. The Balaban J connectivity index is 0.000000636. The number of para-hydroxylation sites is 2. The second kappa shape index (κ2) is 55.4. The maximum Gasteiger partial charge on any atom is 0.0508 e. The van der Waals surface area contributed by atoms with Crippen LogP contribution in [0.1, 0.15) is 208 Å². The fourth-order valence-corrected chi connectivity index (χ4v) is 13.0. The normalized spacial score (nSPS) is 9.75. The smallest absolute Gasteiger partial charge is 0.0508 e. The summed E-state index contributed by atoms with van der Waals surface area (Å²) < 4.78 is 2.49. The SMILES string of the molecule is CC.CC.CC.CC.CC.CC.CC.CC.CC.CCN(CC)c1ccc2ccccc2c1Cn1c2ccccc2c2ccccc21.CCc1c(N(CC)CC)ccc2ccccc12.CCc1c(N(CC)CC)ccc2ccccc12.c1ccc2c(c1)Cc1ccccc1-2.c1ccc2ccccc2c1. The summed E-state index contributed by atoms with van der Waals surface area (Å²) in [6.45, 7) is 61.0. The lowest BCUT2D eigenvalue weighted by Crippen LogP contribution is -2.23. The molecule has 0 spiro atoms. The third kappa shape index (κ3) is 25.1. The lowest BCUT2D eigenvalue weighted by molar-refractivity contribution is 0.829. The average Bonchev–Trinajstić information content (AvgIpc) is 1.60. The monoisotopic (exact) mass is 1400 g/mol. The molecular formula is C100H140N4. The number of aromatic nitrogens is 1. The van der Waals surface area contributed by atoms with Gasteiger partial charge >= 0.3 is 0 Å². The molecule has 0 radical (unpaired) electrons. The van der Waals surface area contributed by atoms with Crippen molar-refractivity contribution in [2.24, 2.45) is 0 Å². The van der Waals surface area contributed by atoms with Crippen LogP contribution in [0.2, 0.25) is 0 Å². The quantitative estimate of drug-likeness (QED) is 0.114. The molecule has 1 aliphatic rings. The molecule has 0 bridgehead atoms. The predicted octanol–water partition coefficient (Wildman–Crippen LogP) is 30.7. The number of benzene rings is 12. The molecule has 560 valence electrons. The highest BCUT2D eigenvalue weighted by Crippen LogP contribution is 2.38. The largest absolute Gasteiger partial charge is 0.372 e. The van der Waals surface area contributed by atoms with Crippen molar-refractivity contribution in [2.45, 2.75) is 206 Å². The van der Waals surface area contributed by atoms with Gasteiger partial charge in [0.25, 0.3) is 0 Å². The molecule has 4 heteroatoms. The number of rotatable bonds is 13. The molecule has 1 aliphatic carbocycles. The van der Waals surface area contributed by atoms with E-state index in [1.807, 2.05) is 125 Å². The van der Waals surface area contributed by atoms with Gasteiger partial charge in [-0.05, 0) is 168 Å². The van der Waals surface area contributed by atoms with Gasteiger partial charge in [0.15, 0.2) is 0 Å². The van der Waals surface area contributed by atoms with Gasteiger partial charge in [-0.3, -0.25) is 0 Å². The molecule has 14 rings (SSSR count). The Kier molecular flexibility index (Phi) is 49.5. The van der Waals surface area contributed by atoms with Crippen molar-refractivity contribution in [3.05, 3.63) is 283 Å². The summed E-state index contributed by atoms with van der Waals surface area (Å²) in [5, 5.41) is 13.4. The van der Waals surface area contributed by atoms with Crippen molar-refractivity contribution in [2.75, 3.05) is 54.0 Å². The van der Waals surface area contributed by atoms with Gasteiger partial charge in [0.2, 0.25) is 0 Å². The summed E-state index contributed by atoms with van der Waals surface area (Å²) in [7, 11) is 0. The topological polar surface area (TPSA) is 14.7 Å². The van der Waals surface area contributed by atoms with E-state index in [9.17, 15) is 0 Å². The van der Waals surface area contributed by atoms with Gasteiger partial charge in [-0.15, -0.1) is 0 Å². The highest BCUT2D eigenvalue weighted by Gasteiger charge is 2.19. The molecule has 1 aromatic heterocycles. The molecule has 104 heavy (non-hydrogen) atoms. The van der Waals surface area contributed by atoms with Crippen LogP contribution in [-0.2, 0) is 25.8 Å². The zero-order valence-corrected chi connectivity index (χ0v) is 70.1. The molecule has 0 aliphatic heterocycles. The van der Waals surface area contributed by atoms with Gasteiger partial charge in [-0.25, -0.2) is 0 Å². The van der Waals surface area contributed by atoms with Crippen LogP contribution in [0.15, 0.2) is 255 Å². The van der Waals surface area contributed by atoms with Crippen LogP contribution >= 0.6 is 0 Å². The molecule has 0 N–H and O–H groups in total. The van der Waals surface area contributed by atoms with E-state index in [1.54, 1.807) is 0 Å². The van der Waals surface area contributed by atoms with Crippen LogP contribution in [0.3, 0.4) is 0 Å². The van der Waals surface area contributed by atoms with Crippen molar-refractivity contribution in [1.82, 2.24) is 4.57 Å². The Morgan fingerprint density at radius 1 is 0.231 bits per heavy atom. The Morgan fingerprint density at radius 3 is 0.750 bits per heavy atom. The fraction of sp³-hybridized carbons (Fsp3) is 0.360. The minimum absolute atomic E-state index is 0.862. The van der Waals surface area contributed by atoms with Crippen LogP contribution in [0.5, 0.6) is 0 Å². The van der Waals surface area contributed by atoms with Gasteiger partial charge in [-0.1, -0.05) is 363 Å². The van der Waals surface area contributed by atoms with Crippen LogP contribution in [-0.4, -0.2) is 43.8 Å². The van der Waals surface area contributed by atoms with Crippen molar-refractivity contribution < 1.29 is 0 Å². The molecule has 0 unspecified atom stereocenters. The first-order valence-corrected chi connectivity index (χ1v) is 40.7. The zero-order chi connectivity index (χ0) is 77.8. The van der Waals surface area contributed by atoms with E-state index >= 15 is 0 Å². The molecule has 0 saturated carbocycles. The fourth-order valence-electron chi connectivity index (χ4n) is 13.0. The first kappa shape index (κ1) is 92.9. The van der Waals surface area contributed by atoms with Gasteiger partial charge in [-0.2, -0.15) is 0 Å². The van der Waals surface area contributed by atoms with Crippen LogP contribution in [0.4, 0.5) is 17.1 Å². The molecule has 0 saturated heterocycles. The Labute approximate surface area is 636 Å². The van der Waals surface area contributed by atoms with Gasteiger partial charge in [0.1, 0.15) is 0 Å². The molecule has 1 heterocycles. The van der Waals surface area contributed by atoms with E-state index in [0.29, 0.717) is 0 Å². The average molecular weight is 1400 g/mol. The molecule has 0 amide bonds. The van der Waals surface area contributed by atoms with Crippen molar-refractivity contribution in [1.29, 1.82) is 0 Å². The third-order valence-corrected chi connectivity index (χ3v) is 17.4. The number of aryl methyl sites for hydroxylation is 2. The number of nitrogens with zero attached hydrogens (tertiary/aromatic N) is 4. The van der Waals surface area contributed by atoms with Gasteiger partial charge in [0.05, 0.1) is 6.54 Å². The molecule has 0 atom stereocenters. The van der Waals surface area contributed by atoms with Crippen molar-refractivity contribution in [3.63, 3.8) is 0 Å². The van der Waals surface area contributed by atoms with E-state index in [4.69, 9.17) is 0 Å². The minimum Gasteiger partial charge on any atom is -0.372 e.